The summed E-state index contributed by atoms with van der Waals surface area (Å²) < 4.78 is 5.97. The van der Waals surface area contributed by atoms with E-state index in [0.717, 1.165) is 44.3 Å². The predicted molar refractivity (Wildman–Crippen MR) is 94.7 cm³/mol. The van der Waals surface area contributed by atoms with Gasteiger partial charge in [0.05, 0.1) is 10.6 Å². The van der Waals surface area contributed by atoms with Gasteiger partial charge in [0.1, 0.15) is 11.9 Å². The van der Waals surface area contributed by atoms with Crippen molar-refractivity contribution in [1.29, 1.82) is 0 Å². The molecule has 0 radical (unpaired) electrons. The van der Waals surface area contributed by atoms with Crippen molar-refractivity contribution in [3.05, 3.63) is 23.2 Å². The third-order valence-electron chi connectivity index (χ3n) is 6.84. The van der Waals surface area contributed by atoms with Gasteiger partial charge < -0.3 is 14.7 Å². The summed E-state index contributed by atoms with van der Waals surface area (Å²) in [6.45, 7) is 1.26. The van der Waals surface area contributed by atoms with Gasteiger partial charge in [-0.2, -0.15) is 0 Å². The summed E-state index contributed by atoms with van der Waals surface area (Å²) in [5.41, 5.74) is -0.496. The van der Waals surface area contributed by atoms with Crippen LogP contribution in [-0.4, -0.2) is 50.9 Å². The molecule has 4 bridgehead atoms. The van der Waals surface area contributed by atoms with E-state index in [1.807, 2.05) is 0 Å². The molecule has 1 aromatic heterocycles. The first-order valence-corrected chi connectivity index (χ1v) is 10.0. The highest BCUT2D eigenvalue weighted by molar-refractivity contribution is 6.30. The van der Waals surface area contributed by atoms with Crippen LogP contribution in [0.4, 0.5) is 4.79 Å². The first kappa shape index (κ1) is 16.8. The molecule has 0 aromatic carbocycles. The Balaban J connectivity index is 1.22. The van der Waals surface area contributed by atoms with Gasteiger partial charge in [-0.3, -0.25) is 0 Å². The highest BCUT2D eigenvalue weighted by Crippen LogP contribution is 2.56. The first-order chi connectivity index (χ1) is 12.5. The second-order valence-electron chi connectivity index (χ2n) is 8.73. The maximum Gasteiger partial charge on any atom is 0.410 e. The van der Waals surface area contributed by atoms with E-state index >= 15 is 0 Å². The van der Waals surface area contributed by atoms with Crippen LogP contribution in [0.5, 0.6) is 0 Å². The quantitative estimate of drug-likeness (QED) is 0.857. The molecule has 5 unspecified atom stereocenters. The van der Waals surface area contributed by atoms with E-state index in [9.17, 15) is 9.90 Å². The summed E-state index contributed by atoms with van der Waals surface area (Å²) in [7, 11) is 0. The molecule has 4 aliphatic carbocycles. The van der Waals surface area contributed by atoms with Crippen LogP contribution in [-0.2, 0) is 4.74 Å². The molecular weight excluding hydrogens is 354 g/mol. The smallest absolute Gasteiger partial charge is 0.410 e. The molecule has 140 valence electrons. The van der Waals surface area contributed by atoms with Gasteiger partial charge in [0.25, 0.3) is 0 Å². The second-order valence-corrected chi connectivity index (χ2v) is 9.17. The summed E-state index contributed by atoms with van der Waals surface area (Å²) in [6, 6.07) is 0. The Hall–Kier alpha value is -1.40. The van der Waals surface area contributed by atoms with E-state index in [4.69, 9.17) is 16.3 Å². The molecule has 1 amide bonds. The molecule has 2 heterocycles. The van der Waals surface area contributed by atoms with Crippen molar-refractivity contribution < 1.29 is 14.6 Å². The van der Waals surface area contributed by atoms with Crippen LogP contribution in [0.2, 0.25) is 5.02 Å². The van der Waals surface area contributed by atoms with Gasteiger partial charge in [0.15, 0.2) is 0 Å². The summed E-state index contributed by atoms with van der Waals surface area (Å²) >= 11 is 5.85. The normalized spacial score (nSPS) is 40.8. The Labute approximate surface area is 157 Å². The van der Waals surface area contributed by atoms with Crippen LogP contribution in [0.3, 0.4) is 0 Å². The summed E-state index contributed by atoms with van der Waals surface area (Å²) in [6.07, 6.45) is 8.52. The van der Waals surface area contributed by atoms with Gasteiger partial charge in [-0.05, 0) is 56.3 Å². The molecule has 7 heteroatoms. The average molecular weight is 378 g/mol. The van der Waals surface area contributed by atoms with Crippen LogP contribution >= 0.6 is 11.6 Å². The number of rotatable bonds is 2. The van der Waals surface area contributed by atoms with E-state index in [1.54, 1.807) is 17.3 Å². The predicted octanol–water partition coefficient (Wildman–Crippen LogP) is 3.00. The minimum absolute atomic E-state index is 0.0230. The molecule has 26 heavy (non-hydrogen) atoms. The number of aliphatic hydroxyl groups is 1. The first-order valence-electron chi connectivity index (χ1n) is 9.64. The lowest BCUT2D eigenvalue weighted by molar-refractivity contribution is -0.177. The fourth-order valence-electron chi connectivity index (χ4n) is 5.99. The Kier molecular flexibility index (Phi) is 3.90. The number of hydrogen-bond donors (Lipinski definition) is 1. The number of ether oxygens (including phenoxy) is 1. The Morgan fingerprint density at radius 1 is 1.23 bits per heavy atom. The maximum absolute atomic E-state index is 12.7. The Bertz CT molecular complexity index is 696. The van der Waals surface area contributed by atoms with Gasteiger partial charge >= 0.3 is 6.09 Å². The zero-order valence-corrected chi connectivity index (χ0v) is 15.4. The largest absolute Gasteiger partial charge is 0.446 e. The second kappa shape index (κ2) is 6.06. The third kappa shape index (κ3) is 2.87. The van der Waals surface area contributed by atoms with Crippen LogP contribution in [0.15, 0.2) is 12.4 Å². The van der Waals surface area contributed by atoms with Crippen molar-refractivity contribution in [3.8, 4) is 0 Å². The monoisotopic (exact) mass is 377 g/mol. The molecule has 6 rings (SSSR count). The minimum Gasteiger partial charge on any atom is -0.446 e. The lowest BCUT2D eigenvalue weighted by Crippen LogP contribution is -2.58. The van der Waals surface area contributed by atoms with Crippen molar-refractivity contribution in [2.45, 2.75) is 56.1 Å². The van der Waals surface area contributed by atoms with E-state index < -0.39 is 5.60 Å². The van der Waals surface area contributed by atoms with Crippen molar-refractivity contribution in [2.24, 2.45) is 17.8 Å². The molecule has 1 aromatic rings. The van der Waals surface area contributed by atoms with Gasteiger partial charge in [-0.15, -0.1) is 0 Å². The van der Waals surface area contributed by atoms with Crippen molar-refractivity contribution in [3.63, 3.8) is 0 Å². The highest BCUT2D eigenvalue weighted by Gasteiger charge is 2.56. The Morgan fingerprint density at radius 3 is 2.58 bits per heavy atom. The number of amides is 1. The molecule has 1 N–H and O–H groups in total. The lowest BCUT2D eigenvalue weighted by Gasteiger charge is -2.57. The van der Waals surface area contributed by atoms with E-state index in [0.29, 0.717) is 35.9 Å². The molecule has 5 fully saturated rings. The number of carbonyl (C=O) groups is 1. The van der Waals surface area contributed by atoms with Gasteiger partial charge in [0, 0.05) is 31.4 Å². The van der Waals surface area contributed by atoms with Gasteiger partial charge in [-0.1, -0.05) is 11.6 Å². The summed E-state index contributed by atoms with van der Waals surface area (Å²) in [4.78, 5) is 23.1. The van der Waals surface area contributed by atoms with E-state index in [2.05, 4.69) is 9.97 Å². The molecular formula is C19H24ClN3O3. The number of hydrogen-bond acceptors (Lipinski definition) is 5. The third-order valence-corrected chi connectivity index (χ3v) is 7.04. The molecule has 6 nitrogen and oxygen atoms in total. The summed E-state index contributed by atoms with van der Waals surface area (Å²) in [5.74, 6) is 2.15. The number of carbonyl (C=O) groups excluding carboxylic acids is 1. The van der Waals surface area contributed by atoms with Crippen LogP contribution in [0.1, 0.15) is 50.3 Å². The van der Waals surface area contributed by atoms with Gasteiger partial charge in [-0.25, -0.2) is 14.8 Å². The standard InChI is InChI=1S/C19H24ClN3O3/c20-15-8-21-17(22-9-15)12-1-2-23(10-12)18(24)26-16-13-3-11-4-14(16)7-19(25,5-11)6-13/h8-9,11-14,16,25H,1-7,10H2/t11?,12?,13-,14?,16?,19?/m1/s1. The number of nitrogens with zero attached hydrogens (tertiary/aromatic N) is 3. The van der Waals surface area contributed by atoms with E-state index in [1.165, 1.54) is 0 Å². The number of likely N-dealkylation sites (tertiary alicyclic amines) is 1. The number of halogens is 1. The average Bonchev–Trinajstić information content (AvgIpc) is 3.07. The minimum atomic E-state index is -0.496. The van der Waals surface area contributed by atoms with Crippen molar-refractivity contribution >= 4 is 17.7 Å². The SMILES string of the molecule is O=C(OC1C2CC3C[C@@H]1CC(O)(C3)C2)N1CCC(c2ncc(Cl)cn2)C1. The zero-order chi connectivity index (χ0) is 17.9. The fraction of sp³-hybridized carbons (Fsp3) is 0.737. The zero-order valence-electron chi connectivity index (χ0n) is 14.7. The molecule has 1 aliphatic heterocycles. The maximum atomic E-state index is 12.7. The topological polar surface area (TPSA) is 75.6 Å². The molecule has 0 spiro atoms. The van der Waals surface area contributed by atoms with Crippen LogP contribution in [0, 0.1) is 17.8 Å². The molecule has 4 saturated carbocycles. The fourth-order valence-corrected chi connectivity index (χ4v) is 6.09. The van der Waals surface area contributed by atoms with Crippen LogP contribution < -0.4 is 0 Å². The lowest BCUT2D eigenvalue weighted by atomic mass is 9.53. The van der Waals surface area contributed by atoms with Crippen molar-refractivity contribution in [2.75, 3.05) is 13.1 Å². The molecule has 5 aliphatic rings. The van der Waals surface area contributed by atoms with Crippen molar-refractivity contribution in [1.82, 2.24) is 14.9 Å². The molecule has 6 atom stereocenters. The van der Waals surface area contributed by atoms with Crippen LogP contribution in [0.25, 0.3) is 0 Å². The van der Waals surface area contributed by atoms with E-state index in [-0.39, 0.29) is 18.1 Å². The Morgan fingerprint density at radius 2 is 1.92 bits per heavy atom. The summed E-state index contributed by atoms with van der Waals surface area (Å²) in [5, 5.41) is 11.2. The number of aromatic nitrogens is 2. The highest BCUT2D eigenvalue weighted by atomic mass is 35.5. The molecule has 1 saturated heterocycles. The van der Waals surface area contributed by atoms with Gasteiger partial charge in [0.2, 0.25) is 0 Å².